The van der Waals surface area contributed by atoms with E-state index in [1.807, 2.05) is 62.5 Å². The molecule has 3 rings (SSSR count). The van der Waals surface area contributed by atoms with Crippen LogP contribution in [0.25, 0.3) is 17.0 Å². The van der Waals surface area contributed by atoms with Crippen LogP contribution in [0.2, 0.25) is 5.02 Å². The lowest BCUT2D eigenvalue weighted by molar-refractivity contribution is -0.126. The van der Waals surface area contributed by atoms with Gasteiger partial charge in [-0.1, -0.05) is 29.8 Å². The first kappa shape index (κ1) is 22.0. The molecule has 0 fully saturated rings. The molecule has 154 valence electrons. The predicted octanol–water partition coefficient (Wildman–Crippen LogP) is 5.86. The molecular weight excluding hydrogens is 414 g/mol. The number of carbonyl (C=O) groups excluding carboxylic acids is 1. The Morgan fingerprint density at radius 2 is 1.87 bits per heavy atom. The number of hydrogen-bond donors (Lipinski definition) is 0. The minimum atomic E-state index is -0.224. The number of rotatable bonds is 8. The molecule has 0 spiro atoms. The van der Waals surface area contributed by atoms with Crippen LogP contribution in [0.4, 0.5) is 0 Å². The van der Waals surface area contributed by atoms with Crippen LogP contribution in [0.15, 0.2) is 65.2 Å². The van der Waals surface area contributed by atoms with Crippen LogP contribution in [0.1, 0.15) is 19.4 Å². The van der Waals surface area contributed by atoms with Gasteiger partial charge in [0.15, 0.2) is 0 Å². The van der Waals surface area contributed by atoms with E-state index in [1.165, 1.54) is 4.90 Å². The third kappa shape index (κ3) is 5.08. The van der Waals surface area contributed by atoms with Crippen molar-refractivity contribution in [2.75, 3.05) is 18.8 Å². The van der Waals surface area contributed by atoms with Crippen molar-refractivity contribution in [3.05, 3.63) is 70.9 Å². The average molecular weight is 438 g/mol. The Morgan fingerprint density at radius 3 is 2.53 bits per heavy atom. The van der Waals surface area contributed by atoms with Crippen molar-refractivity contribution < 1.29 is 4.79 Å². The molecule has 0 aliphatic rings. The summed E-state index contributed by atoms with van der Waals surface area (Å²) in [5, 5.41) is 11.4. The molecule has 1 amide bonds. The molecule has 1 aromatic heterocycles. The van der Waals surface area contributed by atoms with E-state index in [0.29, 0.717) is 13.1 Å². The first-order chi connectivity index (χ1) is 14.6. The van der Waals surface area contributed by atoms with Crippen molar-refractivity contribution in [2.45, 2.75) is 25.3 Å². The van der Waals surface area contributed by atoms with Crippen molar-refractivity contribution in [1.29, 1.82) is 5.26 Å². The van der Waals surface area contributed by atoms with Gasteiger partial charge in [-0.2, -0.15) is 5.26 Å². The first-order valence-corrected chi connectivity index (χ1v) is 11.3. The lowest BCUT2D eigenvalue weighted by atomic mass is 10.1. The molecule has 3 aromatic rings. The third-order valence-corrected chi connectivity index (χ3v) is 6.18. The minimum Gasteiger partial charge on any atom is -0.346 e. The van der Waals surface area contributed by atoms with Gasteiger partial charge in [0.1, 0.15) is 11.6 Å². The number of benzene rings is 2. The van der Waals surface area contributed by atoms with E-state index in [0.717, 1.165) is 33.8 Å². The number of aromatic nitrogens is 1. The fourth-order valence-corrected chi connectivity index (χ4v) is 4.32. The Balaban J connectivity index is 1.85. The normalized spacial score (nSPS) is 11.5. The highest BCUT2D eigenvalue weighted by atomic mass is 35.5. The summed E-state index contributed by atoms with van der Waals surface area (Å²) in [4.78, 5) is 15.5. The number of nitriles is 1. The third-order valence-electron chi connectivity index (χ3n) is 4.94. The van der Waals surface area contributed by atoms with Crippen molar-refractivity contribution in [2.24, 2.45) is 0 Å². The highest BCUT2D eigenvalue weighted by Gasteiger charge is 2.16. The zero-order chi connectivity index (χ0) is 21.5. The van der Waals surface area contributed by atoms with Gasteiger partial charge in [0.2, 0.25) is 0 Å². The maximum absolute atomic E-state index is 12.7. The van der Waals surface area contributed by atoms with Crippen LogP contribution < -0.4 is 0 Å². The van der Waals surface area contributed by atoms with Crippen molar-refractivity contribution in [3.63, 3.8) is 0 Å². The molecule has 0 N–H and O–H groups in total. The van der Waals surface area contributed by atoms with Crippen LogP contribution in [0, 0.1) is 11.3 Å². The van der Waals surface area contributed by atoms with Gasteiger partial charge >= 0.3 is 0 Å². The zero-order valence-corrected chi connectivity index (χ0v) is 18.7. The second kappa shape index (κ2) is 10.4. The molecule has 0 saturated heterocycles. The van der Waals surface area contributed by atoms with Crippen LogP contribution in [-0.2, 0) is 11.3 Å². The summed E-state index contributed by atoms with van der Waals surface area (Å²) in [7, 11) is 0. The lowest BCUT2D eigenvalue weighted by Crippen LogP contribution is -2.31. The topological polar surface area (TPSA) is 49.0 Å². The number of likely N-dealkylation sites (N-methyl/N-ethyl adjacent to an activating group) is 1. The summed E-state index contributed by atoms with van der Waals surface area (Å²) in [6, 6.07) is 18.0. The second-order valence-corrected chi connectivity index (χ2v) is 8.35. The highest BCUT2D eigenvalue weighted by molar-refractivity contribution is 7.99. The quantitative estimate of drug-likeness (QED) is 0.252. The SMILES string of the molecule is CCN(CC)C(=O)/C(C#N)=C\c1cn(CCSc2ccc(Cl)cc2)c2ccccc12. The van der Waals surface area contributed by atoms with Crippen LogP contribution >= 0.6 is 23.4 Å². The van der Waals surface area contributed by atoms with E-state index in [-0.39, 0.29) is 11.5 Å². The molecule has 0 aliphatic carbocycles. The highest BCUT2D eigenvalue weighted by Crippen LogP contribution is 2.26. The summed E-state index contributed by atoms with van der Waals surface area (Å²) in [5.74, 6) is 0.671. The molecule has 0 aliphatic heterocycles. The van der Waals surface area contributed by atoms with Gasteiger partial charge in [-0.15, -0.1) is 11.8 Å². The van der Waals surface area contributed by atoms with E-state index in [4.69, 9.17) is 11.6 Å². The first-order valence-electron chi connectivity index (χ1n) is 9.94. The van der Waals surface area contributed by atoms with Crippen molar-refractivity contribution in [1.82, 2.24) is 9.47 Å². The molecule has 4 nitrogen and oxygen atoms in total. The summed E-state index contributed by atoms with van der Waals surface area (Å²) in [5.41, 5.74) is 2.14. The number of halogens is 1. The summed E-state index contributed by atoms with van der Waals surface area (Å²) < 4.78 is 2.18. The number of thioether (sulfide) groups is 1. The Hall–Kier alpha value is -2.68. The number of amides is 1. The van der Waals surface area contributed by atoms with Gasteiger partial charge in [-0.25, -0.2) is 0 Å². The fraction of sp³-hybridized carbons (Fsp3) is 0.250. The molecule has 0 unspecified atom stereocenters. The number of aryl methyl sites for hydroxylation is 1. The Kier molecular flexibility index (Phi) is 7.62. The molecule has 6 heteroatoms. The smallest absolute Gasteiger partial charge is 0.264 e. The maximum atomic E-state index is 12.7. The summed E-state index contributed by atoms with van der Waals surface area (Å²) >= 11 is 7.72. The molecule has 0 saturated carbocycles. The van der Waals surface area contributed by atoms with Crippen LogP contribution in [0.5, 0.6) is 0 Å². The second-order valence-electron chi connectivity index (χ2n) is 6.74. The Labute approximate surface area is 186 Å². The fourth-order valence-electron chi connectivity index (χ4n) is 3.35. The molecule has 2 aromatic carbocycles. The monoisotopic (exact) mass is 437 g/mol. The predicted molar refractivity (Wildman–Crippen MR) is 126 cm³/mol. The molecule has 1 heterocycles. The Morgan fingerprint density at radius 1 is 1.17 bits per heavy atom. The minimum absolute atomic E-state index is 0.164. The number of nitrogens with zero attached hydrogens (tertiary/aromatic N) is 3. The largest absolute Gasteiger partial charge is 0.346 e. The van der Waals surface area contributed by atoms with Crippen LogP contribution in [-0.4, -0.2) is 34.2 Å². The van der Waals surface area contributed by atoms with Crippen molar-refractivity contribution in [3.8, 4) is 6.07 Å². The molecule has 0 bridgehead atoms. The molecule has 0 atom stereocenters. The van der Waals surface area contributed by atoms with E-state index in [2.05, 4.69) is 16.7 Å². The van der Waals surface area contributed by atoms with Crippen molar-refractivity contribution >= 4 is 46.2 Å². The summed E-state index contributed by atoms with van der Waals surface area (Å²) in [6.07, 6.45) is 3.74. The number of carbonyl (C=O) groups is 1. The van der Waals surface area contributed by atoms with Gasteiger partial charge < -0.3 is 9.47 Å². The summed E-state index contributed by atoms with van der Waals surface area (Å²) in [6.45, 7) is 5.81. The van der Waals surface area contributed by atoms with E-state index < -0.39 is 0 Å². The number of fused-ring (bicyclic) bond motifs is 1. The average Bonchev–Trinajstić information content (AvgIpc) is 3.11. The van der Waals surface area contributed by atoms with Gasteiger partial charge in [0, 0.05) is 58.0 Å². The molecule has 0 radical (unpaired) electrons. The van der Waals surface area contributed by atoms with E-state index >= 15 is 0 Å². The van der Waals surface area contributed by atoms with Gasteiger partial charge in [0.25, 0.3) is 5.91 Å². The van der Waals surface area contributed by atoms with Crippen LogP contribution in [0.3, 0.4) is 0 Å². The van der Waals surface area contributed by atoms with Gasteiger partial charge in [0.05, 0.1) is 0 Å². The van der Waals surface area contributed by atoms with E-state index in [1.54, 1.807) is 22.7 Å². The van der Waals surface area contributed by atoms with Gasteiger partial charge in [-0.3, -0.25) is 4.79 Å². The molecule has 30 heavy (non-hydrogen) atoms. The molecular formula is C24H24ClN3OS. The maximum Gasteiger partial charge on any atom is 0.264 e. The standard InChI is InChI=1S/C24H24ClN3OS/c1-3-27(4-2)24(29)18(16-26)15-19-17-28(23-8-6-5-7-22(19)23)13-14-30-21-11-9-20(25)10-12-21/h5-12,15,17H,3-4,13-14H2,1-2H3/b18-15-. The number of para-hydroxylation sites is 1. The Bertz CT molecular complexity index is 1090. The number of hydrogen-bond acceptors (Lipinski definition) is 3. The van der Waals surface area contributed by atoms with Gasteiger partial charge in [-0.05, 0) is 50.3 Å². The van der Waals surface area contributed by atoms with E-state index in [9.17, 15) is 10.1 Å². The zero-order valence-electron chi connectivity index (χ0n) is 17.1. The lowest BCUT2D eigenvalue weighted by Gasteiger charge is -2.17.